The van der Waals surface area contributed by atoms with Gasteiger partial charge in [0.1, 0.15) is 13.2 Å². The van der Waals surface area contributed by atoms with Crippen molar-refractivity contribution in [2.75, 3.05) is 13.2 Å². The number of ether oxygens (including phenoxy) is 3. The number of rotatable bonds is 54. The molecule has 1 atom stereocenters. The number of hydrogen-bond acceptors (Lipinski definition) is 6. The predicted octanol–water partition coefficient (Wildman–Crippen LogP) is 19.7. The van der Waals surface area contributed by atoms with E-state index in [2.05, 4.69) is 34.6 Å². The highest BCUT2D eigenvalue weighted by Gasteiger charge is 2.19. The third-order valence-electron chi connectivity index (χ3n) is 13.7. The number of hydrogen-bond donors (Lipinski definition) is 0. The Morgan fingerprint density at radius 3 is 0.742 bits per heavy atom. The molecule has 0 aromatic carbocycles. The Morgan fingerprint density at radius 2 is 0.500 bits per heavy atom. The fourth-order valence-electron chi connectivity index (χ4n) is 9.23. The maximum absolute atomic E-state index is 12.9. The van der Waals surface area contributed by atoms with E-state index in [0.29, 0.717) is 19.3 Å². The standard InChI is InChI=1S/C60H116O6/c1-6-7-8-9-10-11-12-13-14-15-19-22-25-30-35-40-45-50-58(61)64-53-57(54-65-59(62)51-46-41-36-32-27-29-34-39-44-49-56(4)5)66-60(63)52-47-42-37-31-26-23-20-17-16-18-21-24-28-33-38-43-48-55(2)3/h55-57H,6-54H2,1-5H3/t57-/m0/s1. The van der Waals surface area contributed by atoms with Crippen molar-refractivity contribution in [3.63, 3.8) is 0 Å². The monoisotopic (exact) mass is 933 g/mol. The molecule has 0 aliphatic rings. The Kier molecular flexibility index (Phi) is 51.5. The van der Waals surface area contributed by atoms with E-state index in [-0.39, 0.29) is 31.1 Å². The van der Waals surface area contributed by atoms with Crippen LogP contribution in [-0.2, 0) is 28.6 Å². The SMILES string of the molecule is CCCCCCCCCCCCCCCCCCCC(=O)OC[C@@H](COC(=O)CCCCCCCCCCCC(C)C)OC(=O)CCCCCCCCCCCCCCCCCCC(C)C. The Morgan fingerprint density at radius 1 is 0.288 bits per heavy atom. The molecular formula is C60H116O6. The van der Waals surface area contributed by atoms with E-state index < -0.39 is 6.10 Å². The minimum Gasteiger partial charge on any atom is -0.462 e. The molecule has 0 unspecified atom stereocenters. The van der Waals surface area contributed by atoms with Gasteiger partial charge in [0.05, 0.1) is 0 Å². The van der Waals surface area contributed by atoms with Crippen molar-refractivity contribution in [2.45, 2.75) is 343 Å². The van der Waals surface area contributed by atoms with Gasteiger partial charge in [-0.3, -0.25) is 14.4 Å². The Balaban J connectivity index is 4.27. The summed E-state index contributed by atoms with van der Waals surface area (Å²) in [6.07, 6.45) is 56.7. The van der Waals surface area contributed by atoms with Crippen molar-refractivity contribution < 1.29 is 28.6 Å². The van der Waals surface area contributed by atoms with Crippen molar-refractivity contribution in [3.8, 4) is 0 Å². The lowest BCUT2D eigenvalue weighted by molar-refractivity contribution is -0.167. The molecule has 392 valence electrons. The van der Waals surface area contributed by atoms with Gasteiger partial charge in [0.25, 0.3) is 0 Å². The van der Waals surface area contributed by atoms with Gasteiger partial charge in [-0.25, -0.2) is 0 Å². The smallest absolute Gasteiger partial charge is 0.306 e. The second-order valence-electron chi connectivity index (χ2n) is 21.6. The van der Waals surface area contributed by atoms with Crippen LogP contribution < -0.4 is 0 Å². The van der Waals surface area contributed by atoms with Gasteiger partial charge in [0, 0.05) is 19.3 Å². The van der Waals surface area contributed by atoms with Crippen LogP contribution in [0, 0.1) is 11.8 Å². The predicted molar refractivity (Wildman–Crippen MR) is 284 cm³/mol. The molecule has 0 rings (SSSR count). The molecule has 0 fully saturated rings. The quantitative estimate of drug-likeness (QED) is 0.0343. The number of esters is 3. The average molecular weight is 934 g/mol. The van der Waals surface area contributed by atoms with E-state index in [1.807, 2.05) is 0 Å². The summed E-state index contributed by atoms with van der Waals surface area (Å²) in [5.74, 6) is 0.822. The minimum absolute atomic E-state index is 0.0626. The Labute approximate surface area is 412 Å². The van der Waals surface area contributed by atoms with Gasteiger partial charge in [-0.2, -0.15) is 0 Å². The third-order valence-corrected chi connectivity index (χ3v) is 13.7. The molecule has 0 aliphatic carbocycles. The van der Waals surface area contributed by atoms with E-state index in [0.717, 1.165) is 69.6 Å². The zero-order valence-corrected chi connectivity index (χ0v) is 45.3. The Bertz CT molecular complexity index is 1010. The van der Waals surface area contributed by atoms with Crippen LogP contribution in [0.3, 0.4) is 0 Å². The molecule has 0 saturated heterocycles. The van der Waals surface area contributed by atoms with Crippen LogP contribution in [-0.4, -0.2) is 37.2 Å². The van der Waals surface area contributed by atoms with E-state index in [4.69, 9.17) is 14.2 Å². The lowest BCUT2D eigenvalue weighted by Gasteiger charge is -2.18. The normalized spacial score (nSPS) is 12.0. The first-order valence-electron chi connectivity index (χ1n) is 29.7. The molecule has 66 heavy (non-hydrogen) atoms. The molecule has 0 saturated carbocycles. The summed E-state index contributed by atoms with van der Waals surface area (Å²) in [6, 6.07) is 0. The van der Waals surface area contributed by atoms with Gasteiger partial charge >= 0.3 is 17.9 Å². The van der Waals surface area contributed by atoms with Gasteiger partial charge in [-0.05, 0) is 31.1 Å². The highest BCUT2D eigenvalue weighted by atomic mass is 16.6. The van der Waals surface area contributed by atoms with E-state index in [1.54, 1.807) is 0 Å². The van der Waals surface area contributed by atoms with Crippen molar-refractivity contribution in [1.29, 1.82) is 0 Å². The number of unbranched alkanes of at least 4 members (excludes halogenated alkanes) is 39. The molecule has 0 amide bonds. The minimum atomic E-state index is -0.763. The van der Waals surface area contributed by atoms with Crippen LogP contribution in [0.15, 0.2) is 0 Å². The van der Waals surface area contributed by atoms with E-state index in [9.17, 15) is 14.4 Å². The highest BCUT2D eigenvalue weighted by Crippen LogP contribution is 2.18. The van der Waals surface area contributed by atoms with Crippen LogP contribution in [0.1, 0.15) is 336 Å². The van der Waals surface area contributed by atoms with Gasteiger partial charge < -0.3 is 14.2 Å². The molecule has 0 bridgehead atoms. The van der Waals surface area contributed by atoms with Crippen LogP contribution >= 0.6 is 0 Å². The van der Waals surface area contributed by atoms with Crippen molar-refractivity contribution in [3.05, 3.63) is 0 Å². The number of carbonyl (C=O) groups excluding carboxylic acids is 3. The second-order valence-corrected chi connectivity index (χ2v) is 21.6. The molecule has 0 radical (unpaired) electrons. The first-order valence-corrected chi connectivity index (χ1v) is 29.7. The van der Waals surface area contributed by atoms with Crippen molar-refractivity contribution in [2.24, 2.45) is 11.8 Å². The summed E-state index contributed by atoms with van der Waals surface area (Å²) < 4.78 is 16.9. The van der Waals surface area contributed by atoms with Crippen molar-refractivity contribution in [1.82, 2.24) is 0 Å². The van der Waals surface area contributed by atoms with Crippen LogP contribution in [0.25, 0.3) is 0 Å². The van der Waals surface area contributed by atoms with E-state index >= 15 is 0 Å². The molecule has 0 aliphatic heterocycles. The summed E-state index contributed by atoms with van der Waals surface area (Å²) in [5.41, 5.74) is 0. The zero-order valence-electron chi connectivity index (χ0n) is 45.3. The summed E-state index contributed by atoms with van der Waals surface area (Å²) in [7, 11) is 0. The molecule has 0 heterocycles. The maximum Gasteiger partial charge on any atom is 0.306 e. The van der Waals surface area contributed by atoms with Crippen LogP contribution in [0.4, 0.5) is 0 Å². The summed E-state index contributed by atoms with van der Waals surface area (Å²) in [6.45, 7) is 11.4. The molecule has 0 N–H and O–H groups in total. The summed E-state index contributed by atoms with van der Waals surface area (Å²) in [5, 5.41) is 0. The average Bonchev–Trinajstić information content (AvgIpc) is 3.29. The summed E-state index contributed by atoms with van der Waals surface area (Å²) in [4.78, 5) is 38.2. The Hall–Kier alpha value is -1.59. The lowest BCUT2D eigenvalue weighted by atomic mass is 10.0. The van der Waals surface area contributed by atoms with Gasteiger partial charge in [-0.15, -0.1) is 0 Å². The van der Waals surface area contributed by atoms with Crippen LogP contribution in [0.5, 0.6) is 0 Å². The topological polar surface area (TPSA) is 78.9 Å². The van der Waals surface area contributed by atoms with Crippen LogP contribution in [0.2, 0.25) is 0 Å². The molecule has 0 spiro atoms. The molecule has 0 aromatic heterocycles. The largest absolute Gasteiger partial charge is 0.462 e. The first kappa shape index (κ1) is 64.4. The highest BCUT2D eigenvalue weighted by molar-refractivity contribution is 5.71. The summed E-state index contributed by atoms with van der Waals surface area (Å²) >= 11 is 0. The second kappa shape index (κ2) is 52.8. The molecule has 0 aromatic rings. The molecule has 6 nitrogen and oxygen atoms in total. The number of carbonyl (C=O) groups is 3. The molecular weight excluding hydrogens is 817 g/mol. The fraction of sp³-hybridized carbons (Fsp3) is 0.950. The fourth-order valence-corrected chi connectivity index (χ4v) is 9.23. The molecule has 6 heteroatoms. The van der Waals surface area contributed by atoms with E-state index in [1.165, 1.54) is 225 Å². The maximum atomic E-state index is 12.9. The van der Waals surface area contributed by atoms with Gasteiger partial charge in [0.2, 0.25) is 0 Å². The lowest BCUT2D eigenvalue weighted by Crippen LogP contribution is -2.30. The third kappa shape index (κ3) is 53.4. The van der Waals surface area contributed by atoms with Gasteiger partial charge in [0.15, 0.2) is 6.10 Å². The van der Waals surface area contributed by atoms with Crippen molar-refractivity contribution >= 4 is 17.9 Å². The first-order chi connectivity index (χ1) is 32.2. The zero-order chi connectivity index (χ0) is 48.2. The van der Waals surface area contributed by atoms with Gasteiger partial charge in [-0.1, -0.05) is 298 Å².